The van der Waals surface area contributed by atoms with E-state index < -0.39 is 5.60 Å². The van der Waals surface area contributed by atoms with Gasteiger partial charge in [-0.3, -0.25) is 4.79 Å². The molecule has 2 atom stereocenters. The lowest BCUT2D eigenvalue weighted by atomic mass is 9.77. The average molecular weight is 435 g/mol. The van der Waals surface area contributed by atoms with Crippen LogP contribution in [0.25, 0.3) is 0 Å². The number of rotatable bonds is 9. The fraction of sp³-hybridized carbons (Fsp3) is 0.480. The minimum Gasteiger partial charge on any atom is -0.453 e. The molecule has 0 radical (unpaired) electrons. The molecule has 4 nitrogen and oxygen atoms in total. The minimum absolute atomic E-state index is 0. The third kappa shape index (κ3) is 8.86. The van der Waals surface area contributed by atoms with Crippen LogP contribution in [0.2, 0.25) is 0 Å². The molecule has 0 aromatic heterocycles. The average Bonchev–Trinajstić information content (AvgIpc) is 2.74. The van der Waals surface area contributed by atoms with Gasteiger partial charge in [-0.05, 0) is 38.2 Å². The summed E-state index contributed by atoms with van der Waals surface area (Å²) in [5.41, 5.74) is 6.57. The summed E-state index contributed by atoms with van der Waals surface area (Å²) in [5, 5.41) is 0. The Bertz CT molecular complexity index is 693. The van der Waals surface area contributed by atoms with Gasteiger partial charge in [-0.25, -0.2) is 0 Å². The molecular formula is C25H39ClN2O2. The molecule has 0 amide bonds. The summed E-state index contributed by atoms with van der Waals surface area (Å²) in [6, 6.07) is 20.4. The van der Waals surface area contributed by atoms with Gasteiger partial charge in [0.2, 0.25) is 0 Å². The van der Waals surface area contributed by atoms with E-state index in [4.69, 9.17) is 10.5 Å². The van der Waals surface area contributed by atoms with Crippen LogP contribution in [-0.4, -0.2) is 38.1 Å². The van der Waals surface area contributed by atoms with Crippen LogP contribution in [-0.2, 0) is 21.6 Å². The van der Waals surface area contributed by atoms with E-state index in [0.29, 0.717) is 12.8 Å². The Morgan fingerprint density at radius 3 is 1.97 bits per heavy atom. The molecule has 5 heteroatoms. The van der Waals surface area contributed by atoms with Crippen LogP contribution >= 0.6 is 12.4 Å². The molecule has 30 heavy (non-hydrogen) atoms. The van der Waals surface area contributed by atoms with Gasteiger partial charge in [-0.15, -0.1) is 12.4 Å². The van der Waals surface area contributed by atoms with E-state index in [1.165, 1.54) is 5.56 Å². The summed E-state index contributed by atoms with van der Waals surface area (Å²) < 4.78 is 6.17. The summed E-state index contributed by atoms with van der Waals surface area (Å²) in [6.45, 7) is 7.72. The molecule has 0 heterocycles. The SMILES string of the molecule is CCC(=O)O[C@](Cc1ccccc1)(c1ccccc1)[C@H](C)CN(C)C.CCCN.Cl. The van der Waals surface area contributed by atoms with E-state index in [9.17, 15) is 4.79 Å². The van der Waals surface area contributed by atoms with Gasteiger partial charge in [0.05, 0.1) is 0 Å². The van der Waals surface area contributed by atoms with Crippen molar-refractivity contribution in [1.29, 1.82) is 0 Å². The summed E-state index contributed by atoms with van der Waals surface area (Å²) in [6.07, 6.45) is 2.14. The van der Waals surface area contributed by atoms with Crippen molar-refractivity contribution in [1.82, 2.24) is 4.90 Å². The number of ether oxygens (including phenoxy) is 1. The summed E-state index contributed by atoms with van der Waals surface area (Å²) in [4.78, 5) is 14.5. The van der Waals surface area contributed by atoms with E-state index >= 15 is 0 Å². The topological polar surface area (TPSA) is 55.6 Å². The molecule has 0 saturated carbocycles. The van der Waals surface area contributed by atoms with E-state index in [1.807, 2.05) is 43.3 Å². The Morgan fingerprint density at radius 2 is 1.53 bits per heavy atom. The van der Waals surface area contributed by atoms with Crippen molar-refractivity contribution >= 4 is 18.4 Å². The quantitative estimate of drug-likeness (QED) is 0.561. The first-order chi connectivity index (χ1) is 13.9. The van der Waals surface area contributed by atoms with E-state index in [1.54, 1.807) is 0 Å². The Hall–Kier alpha value is -1.88. The second kappa shape index (κ2) is 15.0. The smallest absolute Gasteiger partial charge is 0.306 e. The highest BCUT2D eigenvalue weighted by Crippen LogP contribution is 2.38. The number of halogens is 1. The van der Waals surface area contributed by atoms with Crippen LogP contribution in [0.5, 0.6) is 0 Å². The highest BCUT2D eigenvalue weighted by atomic mass is 35.5. The first kappa shape index (κ1) is 28.1. The molecular weight excluding hydrogens is 396 g/mol. The molecule has 2 aromatic rings. The number of carbonyl (C=O) groups excluding carboxylic acids is 1. The Kier molecular flexibility index (Phi) is 14.1. The zero-order valence-corrected chi connectivity index (χ0v) is 20.0. The molecule has 168 valence electrons. The van der Waals surface area contributed by atoms with Gasteiger partial charge in [0.1, 0.15) is 5.60 Å². The number of hydrogen-bond acceptors (Lipinski definition) is 4. The second-order valence-corrected chi connectivity index (χ2v) is 7.70. The van der Waals surface area contributed by atoms with Crippen LogP contribution in [0, 0.1) is 5.92 Å². The van der Waals surface area contributed by atoms with Crippen molar-refractivity contribution in [3.05, 3.63) is 71.8 Å². The summed E-state index contributed by atoms with van der Waals surface area (Å²) >= 11 is 0. The largest absolute Gasteiger partial charge is 0.453 e. The summed E-state index contributed by atoms with van der Waals surface area (Å²) in [7, 11) is 4.10. The molecule has 0 aliphatic heterocycles. The zero-order valence-electron chi connectivity index (χ0n) is 19.1. The highest BCUT2D eigenvalue weighted by molar-refractivity contribution is 5.85. The predicted octanol–water partition coefficient (Wildman–Crippen LogP) is 5.05. The zero-order chi connectivity index (χ0) is 21.7. The van der Waals surface area contributed by atoms with Crippen molar-refractivity contribution in [3.63, 3.8) is 0 Å². The number of nitrogens with zero attached hydrogens (tertiary/aromatic N) is 1. The minimum atomic E-state index is -0.681. The first-order valence-electron chi connectivity index (χ1n) is 10.6. The molecule has 0 bridgehead atoms. The van der Waals surface area contributed by atoms with Crippen LogP contribution in [0.4, 0.5) is 0 Å². The molecule has 0 aliphatic carbocycles. The van der Waals surface area contributed by atoms with Gasteiger partial charge in [0, 0.05) is 25.3 Å². The number of hydrogen-bond donors (Lipinski definition) is 1. The standard InChI is InChI=1S/C22H29NO2.C3H9N.ClH/c1-5-21(24)25-22(18(2)17-23(3)4,20-14-10-7-11-15-20)16-19-12-8-6-9-13-19;1-2-3-4;/h6-15,18H,5,16-17H2,1-4H3;2-4H2,1H3;1H/t18-,22+;;/m1../s1. The van der Waals surface area contributed by atoms with Crippen molar-refractivity contribution in [2.45, 2.75) is 45.6 Å². The van der Waals surface area contributed by atoms with Gasteiger partial charge in [-0.2, -0.15) is 0 Å². The van der Waals surface area contributed by atoms with Gasteiger partial charge in [-0.1, -0.05) is 81.4 Å². The van der Waals surface area contributed by atoms with Crippen molar-refractivity contribution in [2.75, 3.05) is 27.2 Å². The van der Waals surface area contributed by atoms with Gasteiger partial charge >= 0.3 is 5.97 Å². The van der Waals surface area contributed by atoms with Crippen molar-refractivity contribution in [2.24, 2.45) is 11.7 Å². The van der Waals surface area contributed by atoms with Gasteiger partial charge in [0.15, 0.2) is 0 Å². The summed E-state index contributed by atoms with van der Waals surface area (Å²) in [5.74, 6) is -0.0222. The number of carbonyl (C=O) groups is 1. The molecule has 2 rings (SSSR count). The second-order valence-electron chi connectivity index (χ2n) is 7.70. The maximum atomic E-state index is 12.3. The van der Waals surface area contributed by atoms with Crippen LogP contribution in [0.3, 0.4) is 0 Å². The predicted molar refractivity (Wildman–Crippen MR) is 129 cm³/mol. The third-order valence-corrected chi connectivity index (χ3v) is 4.88. The maximum absolute atomic E-state index is 12.3. The molecule has 0 unspecified atom stereocenters. The Morgan fingerprint density at radius 1 is 1.03 bits per heavy atom. The lowest BCUT2D eigenvalue weighted by Crippen LogP contribution is -2.44. The fourth-order valence-corrected chi connectivity index (χ4v) is 3.35. The van der Waals surface area contributed by atoms with E-state index in [-0.39, 0.29) is 24.3 Å². The monoisotopic (exact) mass is 434 g/mol. The Labute approximate surface area is 189 Å². The first-order valence-corrected chi connectivity index (χ1v) is 10.6. The fourth-order valence-electron chi connectivity index (χ4n) is 3.35. The van der Waals surface area contributed by atoms with Gasteiger partial charge < -0.3 is 15.4 Å². The number of benzene rings is 2. The number of esters is 1. The normalized spacial score (nSPS) is 13.3. The number of nitrogens with two attached hydrogens (primary N) is 1. The molecule has 0 fully saturated rings. The lowest BCUT2D eigenvalue weighted by Gasteiger charge is -2.40. The molecule has 0 spiro atoms. The Balaban J connectivity index is 0.00000154. The highest BCUT2D eigenvalue weighted by Gasteiger charge is 2.42. The van der Waals surface area contributed by atoms with Crippen LogP contribution < -0.4 is 5.73 Å². The van der Waals surface area contributed by atoms with Gasteiger partial charge in [0.25, 0.3) is 0 Å². The van der Waals surface area contributed by atoms with E-state index in [0.717, 1.165) is 25.1 Å². The molecule has 0 saturated heterocycles. The van der Waals surface area contributed by atoms with Crippen molar-refractivity contribution < 1.29 is 9.53 Å². The molecule has 2 N–H and O–H groups in total. The van der Waals surface area contributed by atoms with Crippen molar-refractivity contribution in [3.8, 4) is 0 Å². The molecule has 2 aromatic carbocycles. The van der Waals surface area contributed by atoms with E-state index in [2.05, 4.69) is 57.1 Å². The lowest BCUT2D eigenvalue weighted by molar-refractivity contribution is -0.168. The third-order valence-electron chi connectivity index (χ3n) is 4.88. The van der Waals surface area contributed by atoms with Crippen LogP contribution in [0.1, 0.15) is 44.7 Å². The van der Waals surface area contributed by atoms with Crippen LogP contribution in [0.15, 0.2) is 60.7 Å². The maximum Gasteiger partial charge on any atom is 0.306 e. The molecule has 0 aliphatic rings.